The van der Waals surface area contributed by atoms with Gasteiger partial charge in [-0.25, -0.2) is 4.98 Å². The summed E-state index contributed by atoms with van der Waals surface area (Å²) in [5, 5.41) is 6.24. The minimum Gasteiger partial charge on any atom is -0.449 e. The number of rotatable bonds is 11. The lowest BCUT2D eigenvalue weighted by molar-refractivity contribution is -0.135. The highest BCUT2D eigenvalue weighted by Crippen LogP contribution is 2.35. The SMILES string of the molecule is COCCCN(C)C(=O)Cc1ccc2oc(C(=O)Nc3ccc(C)cn3)c(NC(=O)[C@H]3CC[C@H](C(=O)N(C)C)CC3)c2c1. The third kappa shape index (κ3) is 7.98. The van der Waals surface area contributed by atoms with E-state index in [0.717, 1.165) is 17.5 Å². The van der Waals surface area contributed by atoms with Crippen molar-refractivity contribution in [2.75, 3.05) is 52.0 Å². The molecule has 43 heavy (non-hydrogen) atoms. The third-order valence-corrected chi connectivity index (χ3v) is 7.87. The molecule has 1 saturated carbocycles. The molecule has 2 N–H and O–H groups in total. The van der Waals surface area contributed by atoms with Crippen LogP contribution in [0, 0.1) is 18.8 Å². The summed E-state index contributed by atoms with van der Waals surface area (Å²) in [5.74, 6) is -0.880. The summed E-state index contributed by atoms with van der Waals surface area (Å²) in [4.78, 5) is 59.7. The van der Waals surface area contributed by atoms with Crippen LogP contribution in [0.15, 0.2) is 40.9 Å². The van der Waals surface area contributed by atoms with Crippen molar-refractivity contribution in [1.29, 1.82) is 0 Å². The molecule has 1 aromatic carbocycles. The predicted octanol–water partition coefficient (Wildman–Crippen LogP) is 4.26. The standard InChI is InChI=1S/C32H41N5O6/c1-20-7-14-26(33-19-20)34-31(40)29-28(35-30(39)22-9-11-23(12-10-22)32(41)36(2)3)24-17-21(8-13-25(24)43-29)18-27(38)37(4)15-6-16-42-5/h7-8,13-14,17,19,22-23H,6,9-12,15-16,18H2,1-5H3,(H,35,39)(H,33,34,40)/t22-,23-. The summed E-state index contributed by atoms with van der Waals surface area (Å²) in [5.41, 5.74) is 2.33. The van der Waals surface area contributed by atoms with Crippen molar-refractivity contribution in [3.05, 3.63) is 53.4 Å². The summed E-state index contributed by atoms with van der Waals surface area (Å²) in [6, 6.07) is 8.79. The molecule has 0 bridgehead atoms. The molecule has 11 heteroatoms. The number of likely N-dealkylation sites (N-methyl/N-ethyl adjacent to an activating group) is 1. The first-order chi connectivity index (χ1) is 20.6. The van der Waals surface area contributed by atoms with E-state index in [9.17, 15) is 19.2 Å². The van der Waals surface area contributed by atoms with Gasteiger partial charge in [0.05, 0.1) is 6.42 Å². The van der Waals surface area contributed by atoms with E-state index >= 15 is 0 Å². The Hall–Kier alpha value is -4.25. The van der Waals surface area contributed by atoms with Crippen LogP contribution in [0.1, 0.15) is 53.8 Å². The summed E-state index contributed by atoms with van der Waals surface area (Å²) >= 11 is 0. The van der Waals surface area contributed by atoms with Gasteiger partial charge in [-0.2, -0.15) is 0 Å². The summed E-state index contributed by atoms with van der Waals surface area (Å²) in [6.45, 7) is 3.04. The molecule has 1 fully saturated rings. The monoisotopic (exact) mass is 591 g/mol. The van der Waals surface area contributed by atoms with Crippen molar-refractivity contribution in [2.24, 2.45) is 11.8 Å². The number of pyridine rings is 1. The largest absolute Gasteiger partial charge is 0.449 e. The van der Waals surface area contributed by atoms with Gasteiger partial charge in [0.25, 0.3) is 5.91 Å². The maximum absolute atomic E-state index is 13.5. The number of carbonyl (C=O) groups is 4. The number of benzene rings is 1. The number of aryl methyl sites for hydroxylation is 1. The Morgan fingerprint density at radius 2 is 1.72 bits per heavy atom. The topological polar surface area (TPSA) is 134 Å². The van der Waals surface area contributed by atoms with Crippen molar-refractivity contribution in [2.45, 2.75) is 45.4 Å². The highest BCUT2D eigenvalue weighted by atomic mass is 16.5. The number of ether oxygens (including phenoxy) is 1. The Morgan fingerprint density at radius 1 is 1.00 bits per heavy atom. The van der Waals surface area contributed by atoms with Gasteiger partial charge >= 0.3 is 0 Å². The van der Waals surface area contributed by atoms with E-state index in [-0.39, 0.29) is 47.4 Å². The Balaban J connectivity index is 1.58. The minimum atomic E-state index is -0.557. The van der Waals surface area contributed by atoms with Crippen molar-refractivity contribution in [1.82, 2.24) is 14.8 Å². The number of hydrogen-bond acceptors (Lipinski definition) is 7. The van der Waals surface area contributed by atoms with Gasteiger partial charge in [-0.1, -0.05) is 12.1 Å². The second kappa shape index (κ2) is 14.3. The van der Waals surface area contributed by atoms with Gasteiger partial charge in [-0.15, -0.1) is 0 Å². The zero-order chi connectivity index (χ0) is 31.1. The molecule has 230 valence electrons. The number of amides is 4. The van der Waals surface area contributed by atoms with Crippen molar-refractivity contribution in [3.8, 4) is 0 Å². The van der Waals surface area contributed by atoms with Crippen LogP contribution in [0.4, 0.5) is 11.5 Å². The van der Waals surface area contributed by atoms with Gasteiger partial charge in [0.1, 0.15) is 17.1 Å². The van der Waals surface area contributed by atoms with E-state index in [0.29, 0.717) is 55.6 Å². The molecule has 3 aromatic rings. The summed E-state index contributed by atoms with van der Waals surface area (Å²) < 4.78 is 11.1. The van der Waals surface area contributed by atoms with Gasteiger partial charge in [0.15, 0.2) is 0 Å². The number of nitrogens with one attached hydrogen (secondary N) is 2. The molecule has 0 spiro atoms. The minimum absolute atomic E-state index is 0.0534. The van der Waals surface area contributed by atoms with E-state index in [1.165, 1.54) is 0 Å². The Morgan fingerprint density at radius 3 is 2.37 bits per heavy atom. The third-order valence-electron chi connectivity index (χ3n) is 7.87. The molecule has 2 aromatic heterocycles. The molecule has 1 aliphatic carbocycles. The number of hydrogen-bond donors (Lipinski definition) is 2. The quantitative estimate of drug-likeness (QED) is 0.318. The Labute approximate surface area is 251 Å². The summed E-state index contributed by atoms with van der Waals surface area (Å²) in [7, 11) is 6.86. The maximum atomic E-state index is 13.5. The van der Waals surface area contributed by atoms with Crippen LogP contribution in [0.2, 0.25) is 0 Å². The van der Waals surface area contributed by atoms with Gasteiger partial charge in [-0.3, -0.25) is 19.2 Å². The van der Waals surface area contributed by atoms with Crippen LogP contribution >= 0.6 is 0 Å². The first-order valence-electron chi connectivity index (χ1n) is 14.6. The Kier molecular flexibility index (Phi) is 10.5. The van der Waals surface area contributed by atoms with Gasteiger partial charge < -0.3 is 29.6 Å². The van der Waals surface area contributed by atoms with Crippen molar-refractivity contribution < 1.29 is 28.3 Å². The molecular weight excluding hydrogens is 550 g/mol. The molecule has 0 radical (unpaired) electrons. The molecule has 0 saturated heterocycles. The number of nitrogens with zero attached hydrogens (tertiary/aromatic N) is 3. The molecule has 0 aliphatic heterocycles. The normalized spacial score (nSPS) is 16.5. The molecule has 4 rings (SSSR count). The number of aromatic nitrogens is 1. The van der Waals surface area contributed by atoms with Crippen LogP contribution in [-0.2, 0) is 25.5 Å². The van der Waals surface area contributed by atoms with Crippen LogP contribution in [0.3, 0.4) is 0 Å². The van der Waals surface area contributed by atoms with E-state index in [2.05, 4.69) is 15.6 Å². The predicted molar refractivity (Wildman–Crippen MR) is 164 cm³/mol. The van der Waals surface area contributed by atoms with Crippen LogP contribution < -0.4 is 10.6 Å². The Bertz CT molecular complexity index is 1460. The summed E-state index contributed by atoms with van der Waals surface area (Å²) in [6.07, 6.45) is 4.90. The molecule has 0 atom stereocenters. The van der Waals surface area contributed by atoms with Crippen LogP contribution in [-0.4, -0.2) is 79.8 Å². The molecule has 0 unspecified atom stereocenters. The fourth-order valence-electron chi connectivity index (χ4n) is 5.33. The first kappa shape index (κ1) is 31.7. The van der Waals surface area contributed by atoms with Gasteiger partial charge in [0.2, 0.25) is 23.5 Å². The van der Waals surface area contributed by atoms with E-state index in [4.69, 9.17) is 9.15 Å². The average molecular weight is 592 g/mol. The number of furan rings is 1. The van der Waals surface area contributed by atoms with Crippen LogP contribution in [0.5, 0.6) is 0 Å². The van der Waals surface area contributed by atoms with Gasteiger partial charge in [0, 0.05) is 64.8 Å². The molecule has 4 amide bonds. The number of anilines is 2. The molecule has 2 heterocycles. The fourth-order valence-corrected chi connectivity index (χ4v) is 5.33. The van der Waals surface area contributed by atoms with E-state index in [1.807, 2.05) is 13.0 Å². The molecule has 11 nitrogen and oxygen atoms in total. The van der Waals surface area contributed by atoms with Gasteiger partial charge in [-0.05, 0) is 68.4 Å². The number of methoxy groups -OCH3 is 1. The zero-order valence-electron chi connectivity index (χ0n) is 25.6. The molecule has 1 aliphatic rings. The lowest BCUT2D eigenvalue weighted by Gasteiger charge is -2.28. The zero-order valence-corrected chi connectivity index (χ0v) is 25.6. The van der Waals surface area contributed by atoms with Crippen LogP contribution in [0.25, 0.3) is 11.0 Å². The van der Waals surface area contributed by atoms with Crippen molar-refractivity contribution in [3.63, 3.8) is 0 Å². The average Bonchev–Trinajstić information content (AvgIpc) is 3.35. The highest BCUT2D eigenvalue weighted by Gasteiger charge is 2.32. The second-order valence-electron chi connectivity index (χ2n) is 11.4. The maximum Gasteiger partial charge on any atom is 0.294 e. The van der Waals surface area contributed by atoms with E-state index in [1.54, 1.807) is 68.5 Å². The highest BCUT2D eigenvalue weighted by molar-refractivity contribution is 6.14. The second-order valence-corrected chi connectivity index (χ2v) is 11.4. The smallest absolute Gasteiger partial charge is 0.294 e. The molecular formula is C32H41N5O6. The first-order valence-corrected chi connectivity index (χ1v) is 14.6. The fraction of sp³-hybridized carbons (Fsp3) is 0.469. The lowest BCUT2D eigenvalue weighted by Crippen LogP contribution is -2.35. The van der Waals surface area contributed by atoms with E-state index < -0.39 is 5.91 Å². The van der Waals surface area contributed by atoms with Crippen molar-refractivity contribution >= 4 is 46.1 Å². The number of fused-ring (bicyclic) bond motifs is 1. The number of carbonyl (C=O) groups excluding carboxylic acids is 4. The lowest BCUT2D eigenvalue weighted by atomic mass is 9.81.